The minimum Gasteiger partial charge on any atom is -0.368 e. The normalized spacial score (nSPS) is 20.7. The summed E-state index contributed by atoms with van der Waals surface area (Å²) in [6, 6.07) is 8.48. The van der Waals surface area contributed by atoms with E-state index in [-0.39, 0.29) is 11.5 Å². The number of ether oxygens (including phenoxy) is 1. The van der Waals surface area contributed by atoms with Crippen molar-refractivity contribution >= 4 is 16.8 Å². The van der Waals surface area contributed by atoms with E-state index in [1.165, 1.54) is 22.2 Å². The molecule has 1 aromatic carbocycles. The molecule has 0 bridgehead atoms. The van der Waals surface area contributed by atoms with Gasteiger partial charge in [-0.05, 0) is 30.9 Å². The van der Waals surface area contributed by atoms with E-state index in [0.717, 1.165) is 39.0 Å². The van der Waals surface area contributed by atoms with E-state index in [2.05, 4.69) is 29.2 Å². The number of likely N-dealkylation sites (tertiary alicyclic amines) is 1. The fourth-order valence-corrected chi connectivity index (χ4v) is 3.85. The summed E-state index contributed by atoms with van der Waals surface area (Å²) in [4.78, 5) is 17.0. The van der Waals surface area contributed by atoms with Crippen molar-refractivity contribution in [3.05, 3.63) is 35.5 Å². The first-order valence-electron chi connectivity index (χ1n) is 7.69. The van der Waals surface area contributed by atoms with Crippen molar-refractivity contribution in [2.45, 2.75) is 31.8 Å². The highest BCUT2D eigenvalue weighted by atomic mass is 16.5. The first-order valence-corrected chi connectivity index (χ1v) is 7.69. The molecule has 0 aliphatic carbocycles. The standard InChI is InChI=1S/C17H20N2O2/c1-12(20)19-9-7-17(8-10-19)16-14(6-11-21-17)13-4-2-3-5-15(13)18-16/h2-5,18H,6-11H2,1H3. The molecule has 0 saturated carbocycles. The molecule has 1 spiro atoms. The minimum absolute atomic E-state index is 0.164. The van der Waals surface area contributed by atoms with Crippen LogP contribution in [0.5, 0.6) is 0 Å². The number of benzene rings is 1. The van der Waals surface area contributed by atoms with Crippen LogP contribution in [-0.2, 0) is 21.6 Å². The Balaban J connectivity index is 1.75. The van der Waals surface area contributed by atoms with Gasteiger partial charge in [-0.1, -0.05) is 18.2 Å². The highest BCUT2D eigenvalue weighted by Crippen LogP contribution is 2.43. The Morgan fingerprint density at radius 2 is 2.05 bits per heavy atom. The molecule has 1 fully saturated rings. The zero-order valence-corrected chi connectivity index (χ0v) is 12.3. The molecular formula is C17H20N2O2. The number of amides is 1. The van der Waals surface area contributed by atoms with E-state index >= 15 is 0 Å². The number of fused-ring (bicyclic) bond motifs is 4. The van der Waals surface area contributed by atoms with Crippen molar-refractivity contribution in [1.82, 2.24) is 9.88 Å². The van der Waals surface area contributed by atoms with Crippen LogP contribution < -0.4 is 0 Å². The quantitative estimate of drug-likeness (QED) is 0.808. The number of carbonyl (C=O) groups is 1. The second-order valence-electron chi connectivity index (χ2n) is 6.12. The predicted octanol–water partition coefficient (Wildman–Crippen LogP) is 2.58. The number of hydrogen-bond acceptors (Lipinski definition) is 2. The van der Waals surface area contributed by atoms with Gasteiger partial charge in [0.2, 0.25) is 5.91 Å². The number of nitrogens with zero attached hydrogens (tertiary/aromatic N) is 1. The maximum atomic E-state index is 11.5. The first kappa shape index (κ1) is 12.9. The number of hydrogen-bond donors (Lipinski definition) is 1. The summed E-state index contributed by atoms with van der Waals surface area (Å²) in [5, 5.41) is 1.32. The van der Waals surface area contributed by atoms with Crippen molar-refractivity contribution in [2.24, 2.45) is 0 Å². The molecule has 1 N–H and O–H groups in total. The van der Waals surface area contributed by atoms with E-state index < -0.39 is 0 Å². The maximum absolute atomic E-state index is 11.5. The fourth-order valence-electron chi connectivity index (χ4n) is 3.85. The third-order valence-electron chi connectivity index (χ3n) is 5.02. The monoisotopic (exact) mass is 284 g/mol. The van der Waals surface area contributed by atoms with E-state index in [0.29, 0.717) is 0 Å². The molecular weight excluding hydrogens is 264 g/mol. The molecule has 2 aliphatic rings. The molecule has 1 amide bonds. The van der Waals surface area contributed by atoms with Crippen molar-refractivity contribution in [1.29, 1.82) is 0 Å². The van der Waals surface area contributed by atoms with Crippen LogP contribution in [0, 0.1) is 0 Å². The van der Waals surface area contributed by atoms with Gasteiger partial charge in [0.05, 0.1) is 12.3 Å². The molecule has 4 nitrogen and oxygen atoms in total. The number of rotatable bonds is 0. The van der Waals surface area contributed by atoms with Gasteiger partial charge in [0, 0.05) is 30.9 Å². The van der Waals surface area contributed by atoms with Crippen LogP contribution in [-0.4, -0.2) is 35.5 Å². The van der Waals surface area contributed by atoms with Gasteiger partial charge < -0.3 is 14.6 Å². The van der Waals surface area contributed by atoms with Gasteiger partial charge in [0.1, 0.15) is 5.60 Å². The lowest BCUT2D eigenvalue weighted by Crippen LogP contribution is -2.47. The number of carbonyl (C=O) groups excluding carboxylic acids is 1. The Labute approximate surface area is 124 Å². The van der Waals surface area contributed by atoms with Crippen LogP contribution in [0.4, 0.5) is 0 Å². The highest BCUT2D eigenvalue weighted by Gasteiger charge is 2.43. The van der Waals surface area contributed by atoms with Crippen molar-refractivity contribution in [2.75, 3.05) is 19.7 Å². The van der Waals surface area contributed by atoms with Crippen LogP contribution >= 0.6 is 0 Å². The lowest BCUT2D eigenvalue weighted by atomic mass is 9.83. The summed E-state index contributed by atoms with van der Waals surface area (Å²) in [6.45, 7) is 3.98. The maximum Gasteiger partial charge on any atom is 0.219 e. The first-order chi connectivity index (χ1) is 10.2. The van der Waals surface area contributed by atoms with Gasteiger partial charge in [-0.3, -0.25) is 4.79 Å². The Kier molecular flexibility index (Phi) is 2.82. The zero-order chi connectivity index (χ0) is 14.4. The molecule has 4 rings (SSSR count). The summed E-state index contributed by atoms with van der Waals surface area (Å²) >= 11 is 0. The summed E-state index contributed by atoms with van der Waals surface area (Å²) in [5.74, 6) is 0.164. The number of piperidine rings is 1. The number of para-hydroxylation sites is 1. The van der Waals surface area contributed by atoms with Gasteiger partial charge in [0.25, 0.3) is 0 Å². The highest BCUT2D eigenvalue weighted by molar-refractivity contribution is 5.85. The smallest absolute Gasteiger partial charge is 0.219 e. The van der Waals surface area contributed by atoms with Crippen LogP contribution in [0.2, 0.25) is 0 Å². The Morgan fingerprint density at radius 1 is 1.29 bits per heavy atom. The average Bonchev–Trinajstić information content (AvgIpc) is 2.89. The topological polar surface area (TPSA) is 45.3 Å². The molecule has 3 heterocycles. The van der Waals surface area contributed by atoms with Gasteiger partial charge in [-0.15, -0.1) is 0 Å². The number of H-pyrrole nitrogens is 1. The van der Waals surface area contributed by atoms with E-state index in [9.17, 15) is 4.79 Å². The molecule has 1 aromatic heterocycles. The summed E-state index contributed by atoms with van der Waals surface area (Å²) in [6.07, 6.45) is 2.73. The van der Waals surface area contributed by atoms with Gasteiger partial charge >= 0.3 is 0 Å². The number of aromatic nitrogens is 1. The van der Waals surface area contributed by atoms with Gasteiger partial charge in [0.15, 0.2) is 0 Å². The Morgan fingerprint density at radius 3 is 2.81 bits per heavy atom. The largest absolute Gasteiger partial charge is 0.368 e. The molecule has 0 atom stereocenters. The van der Waals surface area contributed by atoms with Crippen LogP contribution in [0.25, 0.3) is 10.9 Å². The van der Waals surface area contributed by atoms with E-state index in [1.54, 1.807) is 6.92 Å². The number of aromatic amines is 1. The third-order valence-corrected chi connectivity index (χ3v) is 5.02. The third kappa shape index (κ3) is 1.89. The summed E-state index contributed by atoms with van der Waals surface area (Å²) in [7, 11) is 0. The Bertz CT molecular complexity index is 696. The van der Waals surface area contributed by atoms with Crippen LogP contribution in [0.1, 0.15) is 31.0 Å². The molecule has 0 radical (unpaired) electrons. The minimum atomic E-state index is -0.224. The number of nitrogens with one attached hydrogen (secondary N) is 1. The molecule has 21 heavy (non-hydrogen) atoms. The molecule has 1 saturated heterocycles. The average molecular weight is 284 g/mol. The molecule has 0 unspecified atom stereocenters. The van der Waals surface area contributed by atoms with Crippen molar-refractivity contribution in [3.63, 3.8) is 0 Å². The molecule has 4 heteroatoms. The van der Waals surface area contributed by atoms with Crippen LogP contribution in [0.3, 0.4) is 0 Å². The fraction of sp³-hybridized carbons (Fsp3) is 0.471. The van der Waals surface area contributed by atoms with Crippen LogP contribution in [0.15, 0.2) is 24.3 Å². The Hall–Kier alpha value is -1.81. The summed E-state index contributed by atoms with van der Waals surface area (Å²) in [5.41, 5.74) is 3.63. The summed E-state index contributed by atoms with van der Waals surface area (Å²) < 4.78 is 6.22. The lowest BCUT2D eigenvalue weighted by Gasteiger charge is -2.43. The van der Waals surface area contributed by atoms with E-state index in [4.69, 9.17) is 4.74 Å². The SMILES string of the molecule is CC(=O)N1CCC2(CC1)OCCc1c2[nH]c2ccccc12. The van der Waals surface area contributed by atoms with Gasteiger partial charge in [-0.2, -0.15) is 0 Å². The molecule has 110 valence electrons. The predicted molar refractivity (Wildman–Crippen MR) is 81.1 cm³/mol. The van der Waals surface area contributed by atoms with Crippen molar-refractivity contribution in [3.8, 4) is 0 Å². The zero-order valence-electron chi connectivity index (χ0n) is 12.3. The lowest BCUT2D eigenvalue weighted by molar-refractivity contribution is -0.138. The van der Waals surface area contributed by atoms with Crippen molar-refractivity contribution < 1.29 is 9.53 Å². The van der Waals surface area contributed by atoms with E-state index in [1.807, 2.05) is 4.90 Å². The second-order valence-corrected chi connectivity index (χ2v) is 6.12. The second kappa shape index (κ2) is 4.60. The van der Waals surface area contributed by atoms with Gasteiger partial charge in [-0.25, -0.2) is 0 Å². The molecule has 2 aliphatic heterocycles. The molecule has 2 aromatic rings.